The molecule has 112 valence electrons. The molecule has 21 heavy (non-hydrogen) atoms. The summed E-state index contributed by atoms with van der Waals surface area (Å²) in [4.78, 5) is 19.5. The third kappa shape index (κ3) is 2.49. The van der Waals surface area contributed by atoms with Gasteiger partial charge in [0.25, 0.3) is 5.91 Å². The second-order valence-corrected chi connectivity index (χ2v) is 6.57. The Morgan fingerprint density at radius 2 is 2.24 bits per heavy atom. The van der Waals surface area contributed by atoms with Crippen LogP contribution in [0.25, 0.3) is 10.1 Å². The van der Waals surface area contributed by atoms with Gasteiger partial charge in [0, 0.05) is 34.1 Å². The van der Waals surface area contributed by atoms with Gasteiger partial charge in [-0.2, -0.15) is 0 Å². The van der Waals surface area contributed by atoms with Crippen molar-refractivity contribution in [3.8, 4) is 0 Å². The van der Waals surface area contributed by atoms with Crippen LogP contribution in [0, 0.1) is 13.8 Å². The van der Waals surface area contributed by atoms with E-state index in [-0.39, 0.29) is 18.6 Å². The van der Waals surface area contributed by atoms with E-state index in [9.17, 15) is 4.79 Å². The molecule has 2 aromatic heterocycles. The summed E-state index contributed by atoms with van der Waals surface area (Å²) in [5, 5.41) is 10.1. The molecule has 5 nitrogen and oxygen atoms in total. The summed E-state index contributed by atoms with van der Waals surface area (Å²) in [5.41, 5.74) is 8.51. The Kier molecular flexibility index (Phi) is 3.59. The number of aliphatic hydroxyl groups excluding tert-OH is 1. The molecule has 1 saturated carbocycles. The van der Waals surface area contributed by atoms with Crippen molar-refractivity contribution in [2.24, 2.45) is 0 Å². The summed E-state index contributed by atoms with van der Waals surface area (Å²) in [6, 6.07) is 2.23. The van der Waals surface area contributed by atoms with E-state index in [1.54, 1.807) is 4.90 Å². The maximum atomic E-state index is 12.7. The fourth-order valence-corrected chi connectivity index (χ4v) is 3.94. The number of aliphatic hydroxyl groups is 1. The summed E-state index contributed by atoms with van der Waals surface area (Å²) >= 11 is 1.42. The lowest BCUT2D eigenvalue weighted by Crippen LogP contribution is -2.35. The first-order valence-electron chi connectivity index (χ1n) is 7.11. The molecule has 1 aliphatic carbocycles. The Morgan fingerprint density at radius 3 is 2.86 bits per heavy atom. The maximum Gasteiger partial charge on any atom is 0.266 e. The number of aryl methyl sites for hydroxylation is 2. The molecule has 0 aromatic carbocycles. The molecule has 2 heterocycles. The number of anilines is 1. The van der Waals surface area contributed by atoms with Gasteiger partial charge in [-0.25, -0.2) is 0 Å². The Bertz CT molecular complexity index is 706. The zero-order valence-electron chi connectivity index (χ0n) is 12.2. The Labute approximate surface area is 127 Å². The van der Waals surface area contributed by atoms with Crippen LogP contribution in [-0.2, 0) is 0 Å². The lowest BCUT2D eigenvalue weighted by atomic mass is 10.2. The molecule has 0 bridgehead atoms. The van der Waals surface area contributed by atoms with Crippen LogP contribution < -0.4 is 5.73 Å². The smallest absolute Gasteiger partial charge is 0.266 e. The summed E-state index contributed by atoms with van der Waals surface area (Å²) in [6.07, 6.45) is 2.02. The van der Waals surface area contributed by atoms with Crippen LogP contribution in [0.3, 0.4) is 0 Å². The van der Waals surface area contributed by atoms with Gasteiger partial charge in [0.15, 0.2) is 0 Å². The molecule has 2 aromatic rings. The molecule has 1 amide bonds. The molecular formula is C15H19N3O2S. The quantitative estimate of drug-likeness (QED) is 0.906. The number of carbonyl (C=O) groups excluding carboxylic acids is 1. The topological polar surface area (TPSA) is 79.5 Å². The second-order valence-electron chi connectivity index (χ2n) is 5.52. The van der Waals surface area contributed by atoms with Crippen LogP contribution in [0.4, 0.5) is 5.69 Å². The van der Waals surface area contributed by atoms with E-state index in [1.165, 1.54) is 11.3 Å². The monoisotopic (exact) mass is 305 g/mol. The van der Waals surface area contributed by atoms with E-state index in [0.29, 0.717) is 17.1 Å². The number of amides is 1. The molecule has 0 aliphatic heterocycles. The van der Waals surface area contributed by atoms with Gasteiger partial charge in [0.2, 0.25) is 0 Å². The number of rotatable bonds is 4. The van der Waals surface area contributed by atoms with Gasteiger partial charge in [0.1, 0.15) is 4.88 Å². The molecule has 1 fully saturated rings. The average molecular weight is 305 g/mol. The van der Waals surface area contributed by atoms with E-state index < -0.39 is 0 Å². The predicted molar refractivity (Wildman–Crippen MR) is 84.7 cm³/mol. The largest absolute Gasteiger partial charge is 0.397 e. The molecule has 0 saturated heterocycles. The highest BCUT2D eigenvalue weighted by Gasteiger charge is 2.34. The Morgan fingerprint density at radius 1 is 1.52 bits per heavy atom. The van der Waals surface area contributed by atoms with Crippen molar-refractivity contribution in [2.75, 3.05) is 18.9 Å². The number of hydrogen-bond donors (Lipinski definition) is 2. The van der Waals surface area contributed by atoms with E-state index >= 15 is 0 Å². The van der Waals surface area contributed by atoms with Crippen molar-refractivity contribution in [3.63, 3.8) is 0 Å². The number of nitrogens with two attached hydrogens (primary N) is 1. The van der Waals surface area contributed by atoms with E-state index in [2.05, 4.69) is 4.98 Å². The first-order chi connectivity index (χ1) is 10.0. The summed E-state index contributed by atoms with van der Waals surface area (Å²) in [7, 11) is 0. The summed E-state index contributed by atoms with van der Waals surface area (Å²) in [6.45, 7) is 4.20. The van der Waals surface area contributed by atoms with Crippen LogP contribution in [0.1, 0.15) is 33.9 Å². The van der Waals surface area contributed by atoms with Crippen LogP contribution in [0.5, 0.6) is 0 Å². The number of nitrogens with zero attached hydrogens (tertiary/aromatic N) is 2. The number of aromatic nitrogens is 1. The lowest BCUT2D eigenvalue weighted by molar-refractivity contribution is 0.0713. The lowest BCUT2D eigenvalue weighted by Gasteiger charge is -2.20. The van der Waals surface area contributed by atoms with Crippen molar-refractivity contribution in [3.05, 3.63) is 22.3 Å². The average Bonchev–Trinajstić information content (AvgIpc) is 3.19. The number of carbonyl (C=O) groups is 1. The maximum absolute atomic E-state index is 12.7. The standard InChI is InChI=1S/C15H19N3O2S/c1-8-7-11-12(9(2)17-8)13(16)14(21-11)15(20)18(5-6-19)10-3-4-10/h7,10,19H,3-6,16H2,1-2H3. The summed E-state index contributed by atoms with van der Waals surface area (Å²) in [5.74, 6) is -0.0673. The number of thiophene rings is 1. The van der Waals surface area contributed by atoms with E-state index in [0.717, 1.165) is 34.3 Å². The minimum absolute atomic E-state index is 0.0211. The number of pyridine rings is 1. The number of fused-ring (bicyclic) bond motifs is 1. The molecule has 3 N–H and O–H groups in total. The van der Waals surface area contributed by atoms with Crippen molar-refractivity contribution in [2.45, 2.75) is 32.7 Å². The second kappa shape index (κ2) is 5.27. The zero-order valence-corrected chi connectivity index (χ0v) is 13.0. The minimum Gasteiger partial charge on any atom is -0.397 e. The van der Waals surface area contributed by atoms with Crippen LogP contribution >= 0.6 is 11.3 Å². The molecule has 0 unspecified atom stereocenters. The van der Waals surface area contributed by atoms with Crippen LogP contribution in [-0.4, -0.2) is 40.1 Å². The Hall–Kier alpha value is -1.66. The SMILES string of the molecule is Cc1cc2sc(C(=O)N(CCO)C3CC3)c(N)c2c(C)n1. The van der Waals surface area contributed by atoms with Crippen molar-refractivity contribution in [1.29, 1.82) is 0 Å². The normalized spacial score (nSPS) is 14.6. The summed E-state index contributed by atoms with van der Waals surface area (Å²) < 4.78 is 1.00. The van der Waals surface area contributed by atoms with Crippen LogP contribution in [0.15, 0.2) is 6.07 Å². The Balaban J connectivity index is 2.05. The third-order valence-electron chi connectivity index (χ3n) is 3.80. The van der Waals surface area contributed by atoms with Gasteiger partial charge >= 0.3 is 0 Å². The third-order valence-corrected chi connectivity index (χ3v) is 4.94. The minimum atomic E-state index is -0.0673. The van der Waals surface area contributed by atoms with Crippen molar-refractivity contribution >= 4 is 33.0 Å². The molecule has 0 radical (unpaired) electrons. The predicted octanol–water partition coefficient (Wildman–Crippen LogP) is 2.09. The molecule has 0 atom stereocenters. The first-order valence-corrected chi connectivity index (χ1v) is 7.92. The highest BCUT2D eigenvalue weighted by Crippen LogP contribution is 2.38. The molecule has 1 aliphatic rings. The molecule has 0 spiro atoms. The van der Waals surface area contributed by atoms with Gasteiger partial charge < -0.3 is 15.7 Å². The van der Waals surface area contributed by atoms with Crippen molar-refractivity contribution in [1.82, 2.24) is 9.88 Å². The molecule has 6 heteroatoms. The highest BCUT2D eigenvalue weighted by atomic mass is 32.1. The fourth-order valence-electron chi connectivity index (χ4n) is 2.71. The number of nitrogen functional groups attached to an aromatic ring is 1. The van der Waals surface area contributed by atoms with Gasteiger partial charge in [-0.05, 0) is 32.8 Å². The molecular weight excluding hydrogens is 286 g/mol. The van der Waals surface area contributed by atoms with Crippen molar-refractivity contribution < 1.29 is 9.90 Å². The fraction of sp³-hybridized carbons (Fsp3) is 0.467. The first kappa shape index (κ1) is 14.3. The molecule has 3 rings (SSSR count). The zero-order chi connectivity index (χ0) is 15.1. The van der Waals surface area contributed by atoms with Gasteiger partial charge in [0.05, 0.1) is 12.3 Å². The van der Waals surface area contributed by atoms with Gasteiger partial charge in [-0.1, -0.05) is 0 Å². The highest BCUT2D eigenvalue weighted by molar-refractivity contribution is 7.21. The van der Waals surface area contributed by atoms with Gasteiger partial charge in [-0.15, -0.1) is 11.3 Å². The van der Waals surface area contributed by atoms with Crippen LogP contribution in [0.2, 0.25) is 0 Å². The number of hydrogen-bond acceptors (Lipinski definition) is 5. The van der Waals surface area contributed by atoms with E-state index in [1.807, 2.05) is 19.9 Å². The van der Waals surface area contributed by atoms with E-state index in [4.69, 9.17) is 10.8 Å². The van der Waals surface area contributed by atoms with Gasteiger partial charge in [-0.3, -0.25) is 9.78 Å².